The molecule has 0 bridgehead atoms. The van der Waals surface area contributed by atoms with E-state index in [0.717, 1.165) is 24.1 Å². The molecule has 13 heavy (non-hydrogen) atoms. The van der Waals surface area contributed by atoms with Crippen molar-refractivity contribution in [1.29, 1.82) is 0 Å². The molecule has 1 aromatic rings. The quantitative estimate of drug-likeness (QED) is 0.493. The Hall–Kier alpha value is -0.340. The van der Waals surface area contributed by atoms with Gasteiger partial charge in [0.15, 0.2) is 0 Å². The number of aromatic nitrogens is 2. The van der Waals surface area contributed by atoms with Gasteiger partial charge < -0.3 is 0 Å². The zero-order valence-electron chi connectivity index (χ0n) is 7.56. The summed E-state index contributed by atoms with van der Waals surface area (Å²) < 4.78 is 0. The Morgan fingerprint density at radius 1 is 1.23 bits per heavy atom. The van der Waals surface area contributed by atoms with Gasteiger partial charge >= 0.3 is 0 Å². The summed E-state index contributed by atoms with van der Waals surface area (Å²) in [5, 5.41) is 0.763. The molecule has 0 aliphatic heterocycles. The van der Waals surface area contributed by atoms with Gasteiger partial charge in [0.25, 0.3) is 0 Å². The Balaban J connectivity index is 2.65. The molecule has 1 aromatic heterocycles. The highest BCUT2D eigenvalue weighted by molar-refractivity contribution is 6.32. The fourth-order valence-electron chi connectivity index (χ4n) is 1.77. The van der Waals surface area contributed by atoms with E-state index in [4.69, 9.17) is 23.2 Å². The van der Waals surface area contributed by atoms with Crippen LogP contribution in [-0.4, -0.2) is 9.97 Å². The van der Waals surface area contributed by atoms with Gasteiger partial charge in [0.1, 0.15) is 5.15 Å². The summed E-state index contributed by atoms with van der Waals surface area (Å²) in [6.45, 7) is 4.30. The average molecular weight is 217 g/mol. The fourth-order valence-corrected chi connectivity index (χ4v) is 2.24. The second-order valence-electron chi connectivity index (χ2n) is 3.99. The van der Waals surface area contributed by atoms with E-state index in [1.54, 1.807) is 0 Å². The van der Waals surface area contributed by atoms with Crippen LogP contribution in [0.15, 0.2) is 0 Å². The van der Waals surface area contributed by atoms with Gasteiger partial charge in [-0.15, -0.1) is 0 Å². The van der Waals surface area contributed by atoms with Crippen molar-refractivity contribution in [2.75, 3.05) is 0 Å². The molecule has 0 aromatic carbocycles. The first-order chi connectivity index (χ1) is 6.00. The van der Waals surface area contributed by atoms with Crippen molar-refractivity contribution in [2.45, 2.75) is 32.1 Å². The predicted octanol–water partition coefficient (Wildman–Crippen LogP) is 3.01. The lowest BCUT2D eigenvalue weighted by Crippen LogP contribution is -2.14. The molecule has 0 amide bonds. The third-order valence-electron chi connectivity index (χ3n) is 2.57. The van der Waals surface area contributed by atoms with Crippen molar-refractivity contribution >= 4 is 23.2 Å². The Morgan fingerprint density at radius 2 is 1.92 bits per heavy atom. The predicted molar refractivity (Wildman–Crippen MR) is 53.4 cm³/mol. The smallest absolute Gasteiger partial charge is 0.222 e. The summed E-state index contributed by atoms with van der Waals surface area (Å²) in [6, 6.07) is 0. The van der Waals surface area contributed by atoms with Crippen LogP contribution in [0.3, 0.4) is 0 Å². The maximum atomic E-state index is 5.97. The van der Waals surface area contributed by atoms with Gasteiger partial charge in [-0.2, -0.15) is 0 Å². The highest BCUT2D eigenvalue weighted by Crippen LogP contribution is 2.39. The van der Waals surface area contributed by atoms with E-state index in [2.05, 4.69) is 23.8 Å². The lowest BCUT2D eigenvalue weighted by molar-refractivity contribution is 0.509. The Kier molecular flexibility index (Phi) is 2.00. The molecular weight excluding hydrogens is 207 g/mol. The maximum Gasteiger partial charge on any atom is 0.224 e. The van der Waals surface area contributed by atoms with E-state index in [1.165, 1.54) is 0 Å². The maximum absolute atomic E-state index is 5.97. The summed E-state index contributed by atoms with van der Waals surface area (Å²) in [7, 11) is 0. The van der Waals surface area contributed by atoms with Crippen molar-refractivity contribution in [3.05, 3.63) is 21.7 Å². The van der Waals surface area contributed by atoms with E-state index >= 15 is 0 Å². The highest BCUT2D eigenvalue weighted by Gasteiger charge is 2.33. The molecular formula is C9H10Cl2N2. The van der Waals surface area contributed by atoms with Crippen LogP contribution in [0.4, 0.5) is 0 Å². The van der Waals surface area contributed by atoms with Crippen LogP contribution in [0.2, 0.25) is 10.4 Å². The first kappa shape index (κ1) is 9.22. The minimum absolute atomic E-state index is 0.0888. The molecule has 2 rings (SSSR count). The normalized spacial score (nSPS) is 18.8. The van der Waals surface area contributed by atoms with Gasteiger partial charge in [-0.1, -0.05) is 25.4 Å². The molecule has 0 radical (unpaired) electrons. The zero-order chi connectivity index (χ0) is 9.64. The number of halogens is 2. The molecule has 1 aliphatic rings. The lowest BCUT2D eigenvalue weighted by Gasteiger charge is -2.17. The zero-order valence-corrected chi connectivity index (χ0v) is 9.08. The molecule has 0 spiro atoms. The summed E-state index contributed by atoms with van der Waals surface area (Å²) in [4.78, 5) is 8.17. The van der Waals surface area contributed by atoms with E-state index in [1.807, 2.05) is 0 Å². The molecule has 4 heteroatoms. The molecule has 1 aliphatic carbocycles. The van der Waals surface area contributed by atoms with Crippen LogP contribution in [-0.2, 0) is 11.8 Å². The van der Waals surface area contributed by atoms with Crippen molar-refractivity contribution in [3.8, 4) is 0 Å². The first-order valence-corrected chi connectivity index (χ1v) is 4.99. The molecule has 70 valence electrons. The van der Waals surface area contributed by atoms with Gasteiger partial charge in [-0.05, 0) is 24.4 Å². The molecule has 2 nitrogen and oxygen atoms in total. The van der Waals surface area contributed by atoms with Gasteiger partial charge in [-0.25, -0.2) is 9.97 Å². The molecule has 0 N–H and O–H groups in total. The lowest BCUT2D eigenvalue weighted by atomic mass is 9.91. The standard InChI is InChI=1S/C9H10Cl2N2/c1-9(2)4-3-5-6(9)12-8(11)13-7(5)10/h3-4H2,1-2H3. The van der Waals surface area contributed by atoms with Crippen LogP contribution in [0.5, 0.6) is 0 Å². The number of nitrogens with zero attached hydrogens (tertiary/aromatic N) is 2. The molecule has 0 saturated carbocycles. The van der Waals surface area contributed by atoms with Crippen LogP contribution >= 0.6 is 23.2 Å². The van der Waals surface area contributed by atoms with Crippen LogP contribution in [0.25, 0.3) is 0 Å². The summed E-state index contributed by atoms with van der Waals surface area (Å²) in [5.74, 6) is 0. The van der Waals surface area contributed by atoms with E-state index in [-0.39, 0.29) is 10.7 Å². The van der Waals surface area contributed by atoms with Gasteiger partial charge in [-0.3, -0.25) is 0 Å². The second-order valence-corrected chi connectivity index (χ2v) is 4.69. The SMILES string of the molecule is CC1(C)CCc2c(Cl)nc(Cl)nc21. The van der Waals surface area contributed by atoms with Gasteiger partial charge in [0.2, 0.25) is 5.28 Å². The molecule has 0 fully saturated rings. The van der Waals surface area contributed by atoms with Crippen molar-refractivity contribution in [2.24, 2.45) is 0 Å². The second kappa shape index (κ2) is 2.82. The molecule has 0 atom stereocenters. The fraction of sp³-hybridized carbons (Fsp3) is 0.556. The molecule has 1 heterocycles. The minimum Gasteiger partial charge on any atom is -0.222 e. The largest absolute Gasteiger partial charge is 0.224 e. The topological polar surface area (TPSA) is 25.8 Å². The van der Waals surface area contributed by atoms with Crippen molar-refractivity contribution < 1.29 is 0 Å². The highest BCUT2D eigenvalue weighted by atomic mass is 35.5. The number of fused-ring (bicyclic) bond motifs is 1. The first-order valence-electron chi connectivity index (χ1n) is 4.23. The van der Waals surface area contributed by atoms with Crippen LogP contribution in [0, 0.1) is 0 Å². The Labute approximate surface area is 87.3 Å². The Morgan fingerprint density at radius 3 is 2.62 bits per heavy atom. The minimum atomic E-state index is 0.0888. The van der Waals surface area contributed by atoms with E-state index in [9.17, 15) is 0 Å². The third-order valence-corrected chi connectivity index (χ3v) is 3.05. The van der Waals surface area contributed by atoms with Crippen molar-refractivity contribution in [3.63, 3.8) is 0 Å². The van der Waals surface area contributed by atoms with Gasteiger partial charge in [0.05, 0.1) is 5.69 Å². The number of hydrogen-bond acceptors (Lipinski definition) is 2. The Bertz CT molecular complexity index is 361. The number of rotatable bonds is 0. The van der Waals surface area contributed by atoms with Crippen LogP contribution < -0.4 is 0 Å². The monoisotopic (exact) mass is 216 g/mol. The number of hydrogen-bond donors (Lipinski definition) is 0. The third kappa shape index (κ3) is 1.42. The van der Waals surface area contributed by atoms with Gasteiger partial charge in [0, 0.05) is 11.0 Å². The van der Waals surface area contributed by atoms with E-state index < -0.39 is 0 Å². The van der Waals surface area contributed by atoms with Crippen molar-refractivity contribution in [1.82, 2.24) is 9.97 Å². The van der Waals surface area contributed by atoms with Crippen LogP contribution in [0.1, 0.15) is 31.5 Å². The summed E-state index contributed by atoms with van der Waals surface area (Å²) >= 11 is 11.7. The van der Waals surface area contributed by atoms with E-state index in [0.29, 0.717) is 5.15 Å². The summed E-state index contributed by atoms with van der Waals surface area (Å²) in [5.41, 5.74) is 2.17. The average Bonchev–Trinajstić information content (AvgIpc) is 2.28. The summed E-state index contributed by atoms with van der Waals surface area (Å²) in [6.07, 6.45) is 2.02. The molecule has 0 saturated heterocycles. The molecule has 0 unspecified atom stereocenters.